The van der Waals surface area contributed by atoms with Crippen LogP contribution < -0.4 is 0 Å². The van der Waals surface area contributed by atoms with Gasteiger partial charge in [0.25, 0.3) is 0 Å². The molecule has 1 aromatic carbocycles. The molecule has 0 saturated heterocycles. The number of fused-ring (bicyclic) bond motifs is 1. The molecule has 0 aliphatic rings. The smallest absolute Gasteiger partial charge is 0.142 e. The van der Waals surface area contributed by atoms with Gasteiger partial charge in [0.15, 0.2) is 0 Å². The molecular weight excluding hydrogens is 250 g/mol. The average molecular weight is 260 g/mol. The van der Waals surface area contributed by atoms with Crippen LogP contribution in [0.25, 0.3) is 16.9 Å². The molecule has 0 aliphatic heterocycles. The number of aliphatic hydroxyl groups is 1. The standard InChI is InChI=1S/C14H10F2N2O/c15-10-3-4-12(16)11(6-10)13-7-18-5-1-2-9(8-19)14(18)17-13/h1-7,19H,8H2. The van der Waals surface area contributed by atoms with Crippen LogP contribution in [0.1, 0.15) is 5.56 Å². The van der Waals surface area contributed by atoms with E-state index in [0.717, 1.165) is 18.2 Å². The number of pyridine rings is 1. The van der Waals surface area contributed by atoms with E-state index in [2.05, 4.69) is 4.98 Å². The minimum atomic E-state index is -0.532. The summed E-state index contributed by atoms with van der Waals surface area (Å²) in [6.07, 6.45) is 3.34. The van der Waals surface area contributed by atoms with Crippen LogP contribution in [0.2, 0.25) is 0 Å². The van der Waals surface area contributed by atoms with E-state index in [-0.39, 0.29) is 12.2 Å². The third kappa shape index (κ3) is 1.98. The Labute approximate surface area is 107 Å². The van der Waals surface area contributed by atoms with E-state index in [1.807, 2.05) is 0 Å². The lowest BCUT2D eigenvalue weighted by Gasteiger charge is -1.98. The number of hydrogen-bond acceptors (Lipinski definition) is 2. The number of benzene rings is 1. The molecule has 0 atom stereocenters. The summed E-state index contributed by atoms with van der Waals surface area (Å²) in [6.45, 7) is -0.160. The second kappa shape index (κ2) is 4.44. The lowest BCUT2D eigenvalue weighted by Crippen LogP contribution is -1.90. The summed E-state index contributed by atoms with van der Waals surface area (Å²) in [5.41, 5.74) is 1.60. The van der Waals surface area contributed by atoms with Crippen LogP contribution >= 0.6 is 0 Å². The molecule has 5 heteroatoms. The van der Waals surface area contributed by atoms with Gasteiger partial charge in [-0.15, -0.1) is 0 Å². The molecule has 2 heterocycles. The van der Waals surface area contributed by atoms with Crippen LogP contribution in [0.4, 0.5) is 8.78 Å². The summed E-state index contributed by atoms with van der Waals surface area (Å²) in [5.74, 6) is -1.05. The van der Waals surface area contributed by atoms with E-state index in [9.17, 15) is 13.9 Å². The summed E-state index contributed by atoms with van der Waals surface area (Å²) in [4.78, 5) is 4.25. The van der Waals surface area contributed by atoms with E-state index >= 15 is 0 Å². The Bertz CT molecular complexity index is 752. The van der Waals surface area contributed by atoms with Crippen molar-refractivity contribution in [3.63, 3.8) is 0 Å². The molecule has 19 heavy (non-hydrogen) atoms. The van der Waals surface area contributed by atoms with Gasteiger partial charge >= 0.3 is 0 Å². The van der Waals surface area contributed by atoms with Crippen molar-refractivity contribution in [2.24, 2.45) is 0 Å². The van der Waals surface area contributed by atoms with Crippen LogP contribution in [0.15, 0.2) is 42.7 Å². The Morgan fingerprint density at radius 3 is 2.84 bits per heavy atom. The number of aliphatic hydroxyl groups excluding tert-OH is 1. The molecule has 2 aromatic heterocycles. The molecule has 0 spiro atoms. The summed E-state index contributed by atoms with van der Waals surface area (Å²) >= 11 is 0. The molecule has 3 nitrogen and oxygen atoms in total. The van der Waals surface area contributed by atoms with Crippen molar-refractivity contribution in [2.75, 3.05) is 0 Å². The second-order valence-corrected chi connectivity index (χ2v) is 4.17. The van der Waals surface area contributed by atoms with Gasteiger partial charge in [0.2, 0.25) is 0 Å². The highest BCUT2D eigenvalue weighted by Crippen LogP contribution is 2.24. The van der Waals surface area contributed by atoms with Crippen molar-refractivity contribution in [1.29, 1.82) is 0 Å². The Kier molecular flexibility index (Phi) is 2.76. The molecule has 3 aromatic rings. The lowest BCUT2D eigenvalue weighted by molar-refractivity contribution is 0.282. The molecule has 96 valence electrons. The van der Waals surface area contributed by atoms with Crippen molar-refractivity contribution in [3.8, 4) is 11.3 Å². The van der Waals surface area contributed by atoms with Crippen LogP contribution in [0.5, 0.6) is 0 Å². The van der Waals surface area contributed by atoms with Crippen LogP contribution in [-0.4, -0.2) is 14.5 Å². The first-order valence-electron chi connectivity index (χ1n) is 5.72. The lowest BCUT2D eigenvalue weighted by atomic mass is 10.1. The monoisotopic (exact) mass is 260 g/mol. The fraction of sp³-hybridized carbons (Fsp3) is 0.0714. The zero-order valence-corrected chi connectivity index (χ0v) is 9.85. The summed E-state index contributed by atoms with van der Waals surface area (Å²) in [5, 5.41) is 9.23. The second-order valence-electron chi connectivity index (χ2n) is 4.17. The number of halogens is 2. The Hall–Kier alpha value is -2.27. The number of imidazole rings is 1. The highest BCUT2D eigenvalue weighted by molar-refractivity contribution is 5.64. The van der Waals surface area contributed by atoms with Gasteiger partial charge in [-0.25, -0.2) is 13.8 Å². The maximum absolute atomic E-state index is 13.7. The number of nitrogens with zero attached hydrogens (tertiary/aromatic N) is 2. The minimum absolute atomic E-state index is 0.104. The van der Waals surface area contributed by atoms with Crippen molar-refractivity contribution in [2.45, 2.75) is 6.61 Å². The van der Waals surface area contributed by atoms with Gasteiger partial charge in [-0.2, -0.15) is 0 Å². The van der Waals surface area contributed by atoms with Crippen molar-refractivity contribution < 1.29 is 13.9 Å². The SMILES string of the molecule is OCc1cccn2cc(-c3cc(F)ccc3F)nc12. The molecule has 0 amide bonds. The maximum atomic E-state index is 13.7. The predicted octanol–water partition coefficient (Wildman–Crippen LogP) is 2.77. The normalized spacial score (nSPS) is 11.1. The van der Waals surface area contributed by atoms with Gasteiger partial charge in [0.05, 0.1) is 12.3 Å². The highest BCUT2D eigenvalue weighted by atomic mass is 19.1. The summed E-state index contributed by atoms with van der Waals surface area (Å²) < 4.78 is 28.6. The Morgan fingerprint density at radius 1 is 1.21 bits per heavy atom. The molecule has 0 bridgehead atoms. The molecule has 3 rings (SSSR count). The maximum Gasteiger partial charge on any atom is 0.142 e. The van der Waals surface area contributed by atoms with Gasteiger partial charge in [-0.05, 0) is 24.3 Å². The fourth-order valence-electron chi connectivity index (χ4n) is 2.02. The molecule has 1 N–H and O–H groups in total. The van der Waals surface area contributed by atoms with Crippen molar-refractivity contribution in [1.82, 2.24) is 9.38 Å². The molecule has 0 aliphatic carbocycles. The molecule has 0 fully saturated rings. The Morgan fingerprint density at radius 2 is 2.05 bits per heavy atom. The first-order valence-corrected chi connectivity index (χ1v) is 5.72. The zero-order chi connectivity index (χ0) is 13.4. The van der Waals surface area contributed by atoms with Crippen LogP contribution in [0, 0.1) is 11.6 Å². The van der Waals surface area contributed by atoms with Crippen molar-refractivity contribution in [3.05, 3.63) is 59.9 Å². The van der Waals surface area contributed by atoms with E-state index in [0.29, 0.717) is 16.9 Å². The molecule has 0 radical (unpaired) electrons. The first kappa shape index (κ1) is 11.8. The van der Waals surface area contributed by atoms with Crippen LogP contribution in [-0.2, 0) is 6.61 Å². The van der Waals surface area contributed by atoms with Gasteiger partial charge in [-0.1, -0.05) is 6.07 Å². The third-order valence-corrected chi connectivity index (χ3v) is 2.94. The quantitative estimate of drug-likeness (QED) is 0.769. The number of aromatic nitrogens is 2. The van der Waals surface area contributed by atoms with Gasteiger partial charge in [0, 0.05) is 23.5 Å². The van der Waals surface area contributed by atoms with E-state index in [1.165, 1.54) is 0 Å². The van der Waals surface area contributed by atoms with E-state index in [1.54, 1.807) is 28.9 Å². The first-order chi connectivity index (χ1) is 9.19. The van der Waals surface area contributed by atoms with Gasteiger partial charge in [-0.3, -0.25) is 0 Å². The largest absolute Gasteiger partial charge is 0.392 e. The Balaban J connectivity index is 2.23. The van der Waals surface area contributed by atoms with E-state index in [4.69, 9.17) is 0 Å². The summed E-state index contributed by atoms with van der Waals surface area (Å²) in [6, 6.07) is 6.73. The fourth-order valence-corrected chi connectivity index (χ4v) is 2.02. The minimum Gasteiger partial charge on any atom is -0.392 e. The van der Waals surface area contributed by atoms with Gasteiger partial charge < -0.3 is 9.51 Å². The topological polar surface area (TPSA) is 37.5 Å². The highest BCUT2D eigenvalue weighted by Gasteiger charge is 2.12. The third-order valence-electron chi connectivity index (χ3n) is 2.94. The number of rotatable bonds is 2. The van der Waals surface area contributed by atoms with E-state index < -0.39 is 11.6 Å². The molecule has 0 saturated carbocycles. The molecule has 0 unspecified atom stereocenters. The number of hydrogen-bond donors (Lipinski definition) is 1. The average Bonchev–Trinajstić information content (AvgIpc) is 2.85. The van der Waals surface area contributed by atoms with Crippen molar-refractivity contribution >= 4 is 5.65 Å². The summed E-state index contributed by atoms with van der Waals surface area (Å²) in [7, 11) is 0. The van der Waals surface area contributed by atoms with Crippen LogP contribution in [0.3, 0.4) is 0 Å². The zero-order valence-electron chi connectivity index (χ0n) is 9.85. The predicted molar refractivity (Wildman–Crippen MR) is 66.5 cm³/mol. The molecular formula is C14H10F2N2O. The van der Waals surface area contributed by atoms with Gasteiger partial charge in [0.1, 0.15) is 17.3 Å².